The molecule has 0 aliphatic heterocycles. The molecule has 0 spiro atoms. The van der Waals surface area contributed by atoms with E-state index in [0.29, 0.717) is 5.56 Å². The maximum Gasteiger partial charge on any atom is 0.434 e. The number of benzene rings is 1. The molecule has 0 radical (unpaired) electrons. The van der Waals surface area contributed by atoms with E-state index in [4.69, 9.17) is 5.14 Å². The van der Waals surface area contributed by atoms with Gasteiger partial charge >= 0.3 is 6.18 Å². The molecule has 0 fully saturated rings. The summed E-state index contributed by atoms with van der Waals surface area (Å²) in [6.45, 7) is 0. The minimum atomic E-state index is -4.53. The van der Waals surface area contributed by atoms with Gasteiger partial charge in [0.2, 0.25) is 10.0 Å². The third-order valence-electron chi connectivity index (χ3n) is 2.61. The van der Waals surface area contributed by atoms with Crippen LogP contribution in [0.1, 0.15) is 5.69 Å². The van der Waals surface area contributed by atoms with Crippen LogP contribution < -0.4 is 5.14 Å². The fraction of sp³-hybridized carbons (Fsp3) is 0.182. The number of alkyl halides is 3. The van der Waals surface area contributed by atoms with E-state index < -0.39 is 21.9 Å². The highest BCUT2D eigenvalue weighted by Crippen LogP contribution is 2.30. The molecular weight excluding hydrogens is 295 g/mol. The van der Waals surface area contributed by atoms with E-state index in [9.17, 15) is 21.6 Å². The number of halogens is 3. The molecule has 0 aliphatic carbocycles. The van der Waals surface area contributed by atoms with Gasteiger partial charge in [0.15, 0.2) is 5.69 Å². The standard InChI is InChI=1S/C11H10F3N3O2S/c1-17-6-9(11(12,13)14)16-10(17)7-2-4-8(5-3-7)20(15,18)19/h2-6H,1H3,(H2,15,18,19). The summed E-state index contributed by atoms with van der Waals surface area (Å²) < 4.78 is 61.0. The van der Waals surface area contributed by atoms with Crippen molar-refractivity contribution in [1.29, 1.82) is 0 Å². The number of nitrogens with two attached hydrogens (primary N) is 1. The largest absolute Gasteiger partial charge is 0.434 e. The Hall–Kier alpha value is -1.87. The molecule has 2 N–H and O–H groups in total. The van der Waals surface area contributed by atoms with Gasteiger partial charge in [0.1, 0.15) is 5.82 Å². The zero-order valence-corrected chi connectivity index (χ0v) is 11.0. The van der Waals surface area contributed by atoms with Gasteiger partial charge in [-0.3, -0.25) is 0 Å². The third-order valence-corrected chi connectivity index (χ3v) is 3.54. The van der Waals surface area contributed by atoms with Gasteiger partial charge in [0, 0.05) is 18.8 Å². The molecule has 1 aromatic carbocycles. The first-order valence-electron chi connectivity index (χ1n) is 5.33. The first-order chi connectivity index (χ1) is 9.09. The van der Waals surface area contributed by atoms with Crippen LogP contribution in [0.3, 0.4) is 0 Å². The lowest BCUT2D eigenvalue weighted by molar-refractivity contribution is -0.140. The van der Waals surface area contributed by atoms with Gasteiger partial charge in [-0.1, -0.05) is 0 Å². The van der Waals surface area contributed by atoms with Crippen LogP contribution in [0, 0.1) is 0 Å². The molecule has 2 rings (SSSR count). The molecule has 1 aromatic heterocycles. The second-order valence-electron chi connectivity index (χ2n) is 4.13. The number of nitrogens with zero attached hydrogens (tertiary/aromatic N) is 2. The van der Waals surface area contributed by atoms with Gasteiger partial charge < -0.3 is 4.57 Å². The number of imidazole rings is 1. The lowest BCUT2D eigenvalue weighted by Gasteiger charge is -2.03. The van der Waals surface area contributed by atoms with Crippen molar-refractivity contribution in [3.63, 3.8) is 0 Å². The smallest absolute Gasteiger partial charge is 0.333 e. The molecule has 0 bridgehead atoms. The van der Waals surface area contributed by atoms with Gasteiger partial charge in [-0.05, 0) is 24.3 Å². The zero-order chi connectivity index (χ0) is 15.1. The molecule has 5 nitrogen and oxygen atoms in total. The number of hydrogen-bond donors (Lipinski definition) is 1. The molecule has 0 amide bonds. The van der Waals surface area contributed by atoms with Crippen LogP contribution in [0.15, 0.2) is 35.4 Å². The lowest BCUT2D eigenvalue weighted by atomic mass is 10.2. The van der Waals surface area contributed by atoms with Crippen LogP contribution in [-0.4, -0.2) is 18.0 Å². The van der Waals surface area contributed by atoms with E-state index in [0.717, 1.165) is 6.20 Å². The maximum atomic E-state index is 12.5. The third kappa shape index (κ3) is 2.83. The van der Waals surface area contributed by atoms with Gasteiger partial charge in [0.25, 0.3) is 0 Å². The van der Waals surface area contributed by atoms with Crippen LogP contribution in [0.2, 0.25) is 0 Å². The van der Waals surface area contributed by atoms with Crippen LogP contribution >= 0.6 is 0 Å². The van der Waals surface area contributed by atoms with E-state index in [-0.39, 0.29) is 10.7 Å². The SMILES string of the molecule is Cn1cc(C(F)(F)F)nc1-c1ccc(S(N)(=O)=O)cc1. The van der Waals surface area contributed by atoms with Gasteiger partial charge in [-0.15, -0.1) is 0 Å². The molecular formula is C11H10F3N3O2S. The molecule has 0 saturated heterocycles. The summed E-state index contributed by atoms with van der Waals surface area (Å²) >= 11 is 0. The lowest BCUT2D eigenvalue weighted by Crippen LogP contribution is -2.11. The van der Waals surface area contributed by atoms with Crippen LogP contribution in [-0.2, 0) is 23.2 Å². The quantitative estimate of drug-likeness (QED) is 0.918. The van der Waals surface area contributed by atoms with Crippen molar-refractivity contribution in [3.05, 3.63) is 36.2 Å². The molecule has 20 heavy (non-hydrogen) atoms. The Labute approximate surface area is 112 Å². The van der Waals surface area contributed by atoms with Crippen LogP contribution in [0.25, 0.3) is 11.4 Å². The van der Waals surface area contributed by atoms with Crippen molar-refractivity contribution < 1.29 is 21.6 Å². The van der Waals surface area contributed by atoms with Crippen molar-refractivity contribution in [2.45, 2.75) is 11.1 Å². The number of hydrogen-bond acceptors (Lipinski definition) is 3. The first-order valence-corrected chi connectivity index (χ1v) is 6.87. The number of rotatable bonds is 2. The zero-order valence-electron chi connectivity index (χ0n) is 10.2. The summed E-state index contributed by atoms with van der Waals surface area (Å²) in [5.74, 6) is 0.0818. The Morgan fingerprint density at radius 2 is 1.75 bits per heavy atom. The summed E-state index contributed by atoms with van der Waals surface area (Å²) in [5, 5.41) is 4.94. The summed E-state index contributed by atoms with van der Waals surface area (Å²) in [6, 6.07) is 5.13. The summed E-state index contributed by atoms with van der Waals surface area (Å²) in [6.07, 6.45) is -3.67. The number of sulfonamides is 1. The average molecular weight is 305 g/mol. The Balaban J connectivity index is 2.45. The number of aryl methyl sites for hydroxylation is 1. The van der Waals surface area contributed by atoms with Crippen LogP contribution in [0.4, 0.5) is 13.2 Å². The Morgan fingerprint density at radius 3 is 2.15 bits per heavy atom. The molecule has 0 atom stereocenters. The van der Waals surface area contributed by atoms with Crippen molar-refractivity contribution in [3.8, 4) is 11.4 Å². The van der Waals surface area contributed by atoms with Crippen molar-refractivity contribution in [2.75, 3.05) is 0 Å². The fourth-order valence-corrected chi connectivity index (χ4v) is 2.18. The highest BCUT2D eigenvalue weighted by atomic mass is 32.2. The minimum absolute atomic E-state index is 0.0818. The van der Waals surface area contributed by atoms with E-state index in [1.165, 1.54) is 35.9 Å². The highest BCUT2D eigenvalue weighted by Gasteiger charge is 2.34. The fourth-order valence-electron chi connectivity index (χ4n) is 1.66. The van der Waals surface area contributed by atoms with Gasteiger partial charge in [-0.2, -0.15) is 13.2 Å². The summed E-state index contributed by atoms with van der Waals surface area (Å²) in [5.41, 5.74) is -0.652. The topological polar surface area (TPSA) is 78.0 Å². The first kappa shape index (κ1) is 14.5. The Kier molecular flexibility index (Phi) is 3.34. The molecule has 2 aromatic rings. The molecule has 9 heteroatoms. The van der Waals surface area contributed by atoms with E-state index in [1.54, 1.807) is 0 Å². The predicted molar refractivity (Wildman–Crippen MR) is 65.0 cm³/mol. The molecule has 108 valence electrons. The van der Waals surface area contributed by atoms with E-state index >= 15 is 0 Å². The maximum absolute atomic E-state index is 12.5. The second kappa shape index (κ2) is 4.60. The number of aromatic nitrogens is 2. The van der Waals surface area contributed by atoms with Crippen molar-refractivity contribution in [1.82, 2.24) is 9.55 Å². The highest BCUT2D eigenvalue weighted by molar-refractivity contribution is 7.89. The van der Waals surface area contributed by atoms with Crippen molar-refractivity contribution >= 4 is 10.0 Å². The van der Waals surface area contributed by atoms with Crippen molar-refractivity contribution in [2.24, 2.45) is 12.2 Å². The molecule has 0 saturated carbocycles. The average Bonchev–Trinajstić information content (AvgIpc) is 2.70. The normalized spacial score (nSPS) is 12.7. The Morgan fingerprint density at radius 1 is 1.20 bits per heavy atom. The molecule has 0 aliphatic rings. The van der Waals surface area contributed by atoms with E-state index in [1.807, 2.05) is 0 Å². The van der Waals surface area contributed by atoms with E-state index in [2.05, 4.69) is 4.98 Å². The molecule has 0 unspecified atom stereocenters. The summed E-state index contributed by atoms with van der Waals surface area (Å²) in [7, 11) is -2.42. The Bertz CT molecular complexity index is 733. The second-order valence-corrected chi connectivity index (χ2v) is 5.69. The van der Waals surface area contributed by atoms with Gasteiger partial charge in [0.05, 0.1) is 4.90 Å². The molecule has 1 heterocycles. The minimum Gasteiger partial charge on any atom is -0.333 e. The van der Waals surface area contributed by atoms with Crippen LogP contribution in [0.5, 0.6) is 0 Å². The predicted octanol–water partition coefficient (Wildman–Crippen LogP) is 1.75. The monoisotopic (exact) mass is 305 g/mol. The summed E-state index contributed by atoms with van der Waals surface area (Å²) in [4.78, 5) is 3.38. The van der Waals surface area contributed by atoms with Gasteiger partial charge in [-0.25, -0.2) is 18.5 Å². The number of primary sulfonamides is 1.